The molecule has 0 saturated carbocycles. The van der Waals surface area contributed by atoms with E-state index in [-0.39, 0.29) is 48.6 Å². The highest BCUT2D eigenvalue weighted by Crippen LogP contribution is 2.35. The van der Waals surface area contributed by atoms with Crippen LogP contribution in [0.3, 0.4) is 0 Å². The number of non-ortho nitro benzene ring substituents is 2. The zero-order valence-electron chi connectivity index (χ0n) is 23.5. The number of nitro benzene ring substituents is 2. The number of imide groups is 2. The molecule has 0 aliphatic carbocycles. The van der Waals surface area contributed by atoms with Gasteiger partial charge in [0.15, 0.2) is 0 Å². The molecule has 14 heteroatoms. The number of nitro groups is 2. The fourth-order valence-corrected chi connectivity index (χ4v) is 6.00. The normalized spacial score (nSPS) is 14.0. The molecule has 45 heavy (non-hydrogen) atoms. The van der Waals surface area contributed by atoms with Crippen molar-refractivity contribution in [2.75, 3.05) is 26.2 Å². The number of hydrogen-bond donors (Lipinski definition) is 1. The van der Waals surface area contributed by atoms with Crippen molar-refractivity contribution in [3.05, 3.63) is 103 Å². The first kappa shape index (κ1) is 29.6. The van der Waals surface area contributed by atoms with Gasteiger partial charge in [0.05, 0.1) is 21.0 Å². The van der Waals surface area contributed by atoms with E-state index in [9.17, 15) is 39.4 Å². The Hall–Kier alpha value is -5.47. The monoisotopic (exact) mass is 625 g/mol. The van der Waals surface area contributed by atoms with Crippen LogP contribution in [-0.2, 0) is 0 Å². The van der Waals surface area contributed by atoms with Crippen LogP contribution in [0.4, 0.5) is 11.4 Å². The number of amides is 4. The SMILES string of the molecule is O=C1c2cccc3cc([N+](=O)[O-])cc(c23)C(=O)N1CCNCCC(=S)CCN1C(=O)c2cccc3cc([N+](=O)[O-])cc(c23)C1=O. The van der Waals surface area contributed by atoms with E-state index in [1.54, 1.807) is 36.4 Å². The maximum absolute atomic E-state index is 13.2. The molecule has 4 aromatic carbocycles. The Bertz CT molecular complexity index is 2030. The minimum Gasteiger partial charge on any atom is -0.315 e. The number of benzene rings is 4. The van der Waals surface area contributed by atoms with Crippen molar-refractivity contribution < 1.29 is 29.0 Å². The summed E-state index contributed by atoms with van der Waals surface area (Å²) in [6.07, 6.45) is 0.636. The third-order valence-corrected chi connectivity index (χ3v) is 8.36. The Morgan fingerprint density at radius 1 is 0.644 bits per heavy atom. The van der Waals surface area contributed by atoms with Crippen LogP contribution in [0.15, 0.2) is 60.7 Å². The summed E-state index contributed by atoms with van der Waals surface area (Å²) in [4.78, 5) is 77.0. The van der Waals surface area contributed by atoms with Crippen LogP contribution in [-0.4, -0.2) is 74.3 Å². The molecule has 0 aromatic heterocycles. The Morgan fingerprint density at radius 2 is 1.11 bits per heavy atom. The molecule has 4 aromatic rings. The molecular weight excluding hydrogens is 602 g/mol. The molecule has 4 amide bonds. The Kier molecular flexibility index (Phi) is 7.60. The van der Waals surface area contributed by atoms with Gasteiger partial charge in [0.25, 0.3) is 35.0 Å². The molecule has 2 aliphatic heterocycles. The highest BCUT2D eigenvalue weighted by molar-refractivity contribution is 7.80. The number of rotatable bonds is 11. The minimum absolute atomic E-state index is 0.00287. The van der Waals surface area contributed by atoms with Crippen molar-refractivity contribution in [3.63, 3.8) is 0 Å². The van der Waals surface area contributed by atoms with Crippen molar-refractivity contribution in [3.8, 4) is 0 Å². The van der Waals surface area contributed by atoms with Gasteiger partial charge in [-0.1, -0.05) is 36.5 Å². The van der Waals surface area contributed by atoms with E-state index in [4.69, 9.17) is 12.2 Å². The first-order chi connectivity index (χ1) is 21.6. The first-order valence-electron chi connectivity index (χ1n) is 13.9. The van der Waals surface area contributed by atoms with E-state index < -0.39 is 33.5 Å². The topological polar surface area (TPSA) is 173 Å². The predicted molar refractivity (Wildman–Crippen MR) is 167 cm³/mol. The van der Waals surface area contributed by atoms with Crippen LogP contribution in [0.2, 0.25) is 0 Å². The molecule has 0 spiro atoms. The van der Waals surface area contributed by atoms with Crippen LogP contribution in [0.1, 0.15) is 54.3 Å². The third kappa shape index (κ3) is 5.19. The zero-order chi connectivity index (χ0) is 32.0. The second kappa shape index (κ2) is 11.6. The molecule has 0 unspecified atom stereocenters. The molecule has 0 bridgehead atoms. The molecule has 6 rings (SSSR count). The van der Waals surface area contributed by atoms with Crippen LogP contribution in [0.25, 0.3) is 21.5 Å². The molecule has 2 heterocycles. The van der Waals surface area contributed by atoms with Gasteiger partial charge in [-0.2, -0.15) is 0 Å². The maximum atomic E-state index is 13.2. The van der Waals surface area contributed by atoms with Crippen LogP contribution >= 0.6 is 12.2 Å². The van der Waals surface area contributed by atoms with Crippen LogP contribution < -0.4 is 5.32 Å². The number of nitrogens with one attached hydrogen (secondary N) is 1. The maximum Gasteiger partial charge on any atom is 0.270 e. The van der Waals surface area contributed by atoms with Crippen molar-refractivity contribution >= 4 is 73.6 Å². The van der Waals surface area contributed by atoms with Gasteiger partial charge < -0.3 is 5.32 Å². The summed E-state index contributed by atoms with van der Waals surface area (Å²) < 4.78 is 0. The third-order valence-electron chi connectivity index (χ3n) is 7.95. The number of nitrogens with zero attached hydrogens (tertiary/aromatic N) is 4. The summed E-state index contributed by atoms with van der Waals surface area (Å²) in [6, 6.07) is 14.7. The quantitative estimate of drug-likeness (QED) is 0.0825. The lowest BCUT2D eigenvalue weighted by atomic mass is 9.93. The molecular formula is C31H23N5O8S. The van der Waals surface area contributed by atoms with Gasteiger partial charge in [-0.3, -0.25) is 49.2 Å². The summed E-state index contributed by atoms with van der Waals surface area (Å²) in [5.74, 6) is -2.20. The van der Waals surface area contributed by atoms with E-state index in [2.05, 4.69) is 5.32 Å². The molecule has 0 atom stereocenters. The predicted octanol–water partition coefficient (Wildman–Crippen LogP) is 4.44. The zero-order valence-corrected chi connectivity index (χ0v) is 24.3. The molecule has 2 aliphatic rings. The summed E-state index contributed by atoms with van der Waals surface area (Å²) >= 11 is 5.47. The van der Waals surface area contributed by atoms with Crippen LogP contribution in [0.5, 0.6) is 0 Å². The van der Waals surface area contributed by atoms with Gasteiger partial charge >= 0.3 is 0 Å². The highest BCUT2D eigenvalue weighted by Gasteiger charge is 2.35. The van der Waals surface area contributed by atoms with Crippen molar-refractivity contribution in [2.24, 2.45) is 0 Å². The van der Waals surface area contributed by atoms with E-state index in [1.807, 2.05) is 0 Å². The van der Waals surface area contributed by atoms with Gasteiger partial charge in [0.2, 0.25) is 0 Å². The summed E-state index contributed by atoms with van der Waals surface area (Å²) in [5.41, 5.74) is 0.310. The Labute approximate surface area is 259 Å². The lowest BCUT2D eigenvalue weighted by Crippen LogP contribution is -2.44. The smallest absolute Gasteiger partial charge is 0.270 e. The summed E-state index contributed by atoms with van der Waals surface area (Å²) in [7, 11) is 0. The van der Waals surface area contributed by atoms with Crippen LogP contribution in [0, 0.1) is 20.2 Å². The van der Waals surface area contributed by atoms with E-state index >= 15 is 0 Å². The largest absolute Gasteiger partial charge is 0.315 e. The van der Waals surface area contributed by atoms with Gasteiger partial charge in [0.1, 0.15) is 0 Å². The van der Waals surface area contributed by atoms with E-state index in [1.165, 1.54) is 24.3 Å². The second-order valence-electron chi connectivity index (χ2n) is 10.6. The average Bonchev–Trinajstić information content (AvgIpc) is 3.02. The van der Waals surface area contributed by atoms with Gasteiger partial charge in [-0.05, 0) is 47.2 Å². The highest BCUT2D eigenvalue weighted by atomic mass is 32.1. The minimum atomic E-state index is -0.619. The number of hydrogen-bond acceptors (Lipinski definition) is 10. The van der Waals surface area contributed by atoms with Gasteiger partial charge in [-0.25, -0.2) is 0 Å². The lowest BCUT2D eigenvalue weighted by Gasteiger charge is -2.27. The Morgan fingerprint density at radius 3 is 1.60 bits per heavy atom. The first-order valence-corrected chi connectivity index (χ1v) is 14.3. The Balaban J connectivity index is 1.04. The number of carbonyl (C=O) groups excluding carboxylic acids is 4. The fourth-order valence-electron chi connectivity index (χ4n) is 5.81. The number of thiocarbonyl (C=S) groups is 1. The molecule has 13 nitrogen and oxygen atoms in total. The molecule has 0 saturated heterocycles. The van der Waals surface area contributed by atoms with E-state index in [0.717, 1.165) is 9.80 Å². The summed E-state index contributed by atoms with van der Waals surface area (Å²) in [5, 5.41) is 27.6. The lowest BCUT2D eigenvalue weighted by molar-refractivity contribution is -0.384. The summed E-state index contributed by atoms with van der Waals surface area (Å²) in [6.45, 7) is 0.658. The number of carbonyl (C=O) groups is 4. The molecule has 0 radical (unpaired) electrons. The van der Waals surface area contributed by atoms with Crippen molar-refractivity contribution in [1.82, 2.24) is 15.1 Å². The molecule has 1 N–H and O–H groups in total. The van der Waals surface area contributed by atoms with Crippen molar-refractivity contribution in [1.29, 1.82) is 0 Å². The van der Waals surface area contributed by atoms with Crippen molar-refractivity contribution in [2.45, 2.75) is 12.8 Å². The van der Waals surface area contributed by atoms with Gasteiger partial charge in [0, 0.05) is 65.8 Å². The molecule has 226 valence electrons. The standard InChI is InChI=1S/C31H23N5O8S/c37-28-22-5-1-3-17-13-19(35(41)42)15-24(26(17)22)30(39)33(28)11-8-21(45)7-9-32-10-12-34-29(38)23-6-2-4-18-14-20(36(43)44)16-25(27(18)23)31(34)40/h1-6,13-16,32H,7-12H2. The van der Waals surface area contributed by atoms with E-state index in [0.29, 0.717) is 50.5 Å². The fraction of sp³-hybridized carbons (Fsp3) is 0.194. The second-order valence-corrected chi connectivity index (χ2v) is 11.2. The molecule has 0 fully saturated rings. The average molecular weight is 626 g/mol. The van der Waals surface area contributed by atoms with Gasteiger partial charge in [-0.15, -0.1) is 0 Å².